The van der Waals surface area contributed by atoms with E-state index in [-0.39, 0.29) is 6.54 Å². The van der Waals surface area contributed by atoms with Crippen molar-refractivity contribution < 1.29 is 17.0 Å². The number of halogens is 1. The fourth-order valence-electron chi connectivity index (χ4n) is 0.519. The molecule has 0 unspecified atom stereocenters. The molecule has 0 amide bonds. The van der Waals surface area contributed by atoms with Gasteiger partial charge in [0.2, 0.25) is 0 Å². The Morgan fingerprint density at radius 3 is 3.09 bits per heavy atom. The Labute approximate surface area is 64.0 Å². The molecule has 1 N–H and O–H groups in total. The van der Waals surface area contributed by atoms with Crippen LogP contribution in [0, 0.1) is 11.8 Å². The van der Waals surface area contributed by atoms with E-state index >= 15 is 0 Å². The maximum Gasteiger partial charge on any atom is 0.336 e. The minimum Gasteiger partial charge on any atom is -0.254 e. The van der Waals surface area contributed by atoms with E-state index in [2.05, 4.69) is 16.0 Å². The van der Waals surface area contributed by atoms with E-state index in [4.69, 9.17) is 0 Å². The van der Waals surface area contributed by atoms with Gasteiger partial charge in [0.15, 0.2) is 6.17 Å². The smallest absolute Gasteiger partial charge is 0.254 e. The summed E-state index contributed by atoms with van der Waals surface area (Å²) in [5.41, 5.74) is 0. The average Bonchev–Trinajstić information content (AvgIpc) is 1.92. The van der Waals surface area contributed by atoms with E-state index in [0.717, 1.165) is 0 Å². The molecule has 0 radical (unpaired) electrons. The van der Waals surface area contributed by atoms with Crippen molar-refractivity contribution in [2.75, 3.05) is 13.2 Å². The number of alkyl halides is 1. The van der Waals surface area contributed by atoms with E-state index in [1.165, 1.54) is 0 Å². The van der Waals surface area contributed by atoms with E-state index in [9.17, 15) is 12.8 Å². The fraction of sp³-hybridized carbons (Fsp3) is 0.600. The highest BCUT2D eigenvalue weighted by molar-refractivity contribution is 7.84. The van der Waals surface area contributed by atoms with Crippen LogP contribution in [0.25, 0.3) is 0 Å². The van der Waals surface area contributed by atoms with Gasteiger partial charge >= 0.3 is 10.3 Å². The molecule has 1 aliphatic rings. The van der Waals surface area contributed by atoms with E-state index in [1.54, 1.807) is 0 Å². The number of hydrogen-bond donors (Lipinski definition) is 1. The van der Waals surface area contributed by atoms with Crippen LogP contribution in [-0.2, 0) is 14.5 Å². The fourth-order valence-corrected chi connectivity index (χ4v) is 1.15. The van der Waals surface area contributed by atoms with Crippen LogP contribution in [0.5, 0.6) is 0 Å². The van der Waals surface area contributed by atoms with Crippen LogP contribution in [0.1, 0.15) is 0 Å². The lowest BCUT2D eigenvalue weighted by Crippen LogP contribution is -2.30. The summed E-state index contributed by atoms with van der Waals surface area (Å²) in [6, 6.07) is 0. The maximum absolute atomic E-state index is 12.4. The molecule has 1 atom stereocenters. The van der Waals surface area contributed by atoms with Crippen LogP contribution >= 0.6 is 0 Å². The van der Waals surface area contributed by atoms with Crippen LogP contribution in [0.4, 0.5) is 4.39 Å². The van der Waals surface area contributed by atoms with Crippen molar-refractivity contribution in [2.24, 2.45) is 0 Å². The third kappa shape index (κ3) is 2.84. The summed E-state index contributed by atoms with van der Waals surface area (Å²) in [6.07, 6.45) is -1.52. The zero-order valence-electron chi connectivity index (χ0n) is 5.50. The molecule has 1 heterocycles. The molecule has 0 aliphatic carbocycles. The zero-order valence-corrected chi connectivity index (χ0v) is 6.32. The number of rotatable bonds is 0. The molecule has 11 heavy (non-hydrogen) atoms. The van der Waals surface area contributed by atoms with Crippen molar-refractivity contribution >= 4 is 10.3 Å². The predicted molar refractivity (Wildman–Crippen MR) is 35.5 cm³/mol. The lowest BCUT2D eigenvalue weighted by Gasteiger charge is -2.06. The first-order valence-corrected chi connectivity index (χ1v) is 4.27. The molecule has 0 aromatic heterocycles. The Kier molecular flexibility index (Phi) is 2.44. The second-order valence-electron chi connectivity index (χ2n) is 1.85. The normalized spacial score (nSPS) is 29.4. The highest BCUT2D eigenvalue weighted by atomic mass is 32.2. The Balaban J connectivity index is 2.71. The Hall–Kier alpha value is -0.640. The van der Waals surface area contributed by atoms with E-state index < -0.39 is 23.1 Å². The van der Waals surface area contributed by atoms with Gasteiger partial charge in [-0.25, -0.2) is 4.39 Å². The van der Waals surface area contributed by atoms with Gasteiger partial charge in [-0.05, 0) is 0 Å². The molecule has 0 saturated carbocycles. The number of hydrogen-bond acceptors (Lipinski definition) is 3. The van der Waals surface area contributed by atoms with Gasteiger partial charge in [-0.15, -0.1) is 0 Å². The number of nitrogens with one attached hydrogen (secondary N) is 1. The van der Waals surface area contributed by atoms with Crippen LogP contribution in [-0.4, -0.2) is 27.7 Å². The summed E-state index contributed by atoms with van der Waals surface area (Å²) in [5.74, 6) is 4.45. The monoisotopic (exact) mass is 179 g/mol. The average molecular weight is 179 g/mol. The molecular weight excluding hydrogens is 173 g/mol. The van der Waals surface area contributed by atoms with Crippen LogP contribution in [0.2, 0.25) is 0 Å². The van der Waals surface area contributed by atoms with Crippen molar-refractivity contribution in [2.45, 2.75) is 6.17 Å². The first-order chi connectivity index (χ1) is 5.10. The molecular formula is C5H6FNO3S. The lowest BCUT2D eigenvalue weighted by molar-refractivity contribution is 0.235. The Bertz CT molecular complexity index is 289. The predicted octanol–water partition coefficient (Wildman–Crippen LogP) is -0.807. The van der Waals surface area contributed by atoms with Crippen molar-refractivity contribution in [1.82, 2.24) is 4.72 Å². The van der Waals surface area contributed by atoms with E-state index in [0.29, 0.717) is 0 Å². The first-order valence-electron chi connectivity index (χ1n) is 2.87. The molecule has 0 spiro atoms. The van der Waals surface area contributed by atoms with Gasteiger partial charge in [-0.3, -0.25) is 4.18 Å². The van der Waals surface area contributed by atoms with Gasteiger partial charge in [-0.1, -0.05) is 11.8 Å². The van der Waals surface area contributed by atoms with Crippen LogP contribution in [0.15, 0.2) is 0 Å². The first kappa shape index (κ1) is 8.46. The van der Waals surface area contributed by atoms with Gasteiger partial charge in [0.1, 0.15) is 6.61 Å². The lowest BCUT2D eigenvalue weighted by atomic mass is 10.4. The standard InChI is InChI=1S/C5H6FNO3S/c6-5-2-1-3-7-11(8,9)10-4-5/h5,7H,3-4H2/t5-/m0/s1. The summed E-state index contributed by atoms with van der Waals surface area (Å²) < 4.78 is 39.7. The third-order valence-electron chi connectivity index (χ3n) is 0.966. The largest absolute Gasteiger partial charge is 0.336 e. The summed E-state index contributed by atoms with van der Waals surface area (Å²) in [5, 5.41) is 0. The molecule has 1 rings (SSSR count). The summed E-state index contributed by atoms with van der Waals surface area (Å²) in [4.78, 5) is 0. The summed E-state index contributed by atoms with van der Waals surface area (Å²) in [6.45, 7) is -0.648. The topological polar surface area (TPSA) is 55.4 Å². The van der Waals surface area contributed by atoms with Crippen LogP contribution < -0.4 is 4.72 Å². The van der Waals surface area contributed by atoms with Crippen molar-refractivity contribution in [3.8, 4) is 11.8 Å². The van der Waals surface area contributed by atoms with Gasteiger partial charge < -0.3 is 0 Å². The minimum absolute atomic E-state index is 0.108. The highest BCUT2D eigenvalue weighted by Gasteiger charge is 2.14. The van der Waals surface area contributed by atoms with Crippen LogP contribution in [0.3, 0.4) is 0 Å². The quantitative estimate of drug-likeness (QED) is 0.495. The van der Waals surface area contributed by atoms with Gasteiger partial charge in [0, 0.05) is 0 Å². The van der Waals surface area contributed by atoms with Crippen molar-refractivity contribution in [1.29, 1.82) is 0 Å². The molecule has 1 aliphatic heterocycles. The highest BCUT2D eigenvalue weighted by Crippen LogP contribution is 1.96. The summed E-state index contributed by atoms with van der Waals surface area (Å²) >= 11 is 0. The molecule has 4 nitrogen and oxygen atoms in total. The van der Waals surface area contributed by atoms with Gasteiger partial charge in [0.05, 0.1) is 6.54 Å². The Morgan fingerprint density at radius 1 is 1.64 bits per heavy atom. The molecule has 0 fully saturated rings. The molecule has 0 bridgehead atoms. The van der Waals surface area contributed by atoms with Crippen molar-refractivity contribution in [3.05, 3.63) is 0 Å². The maximum atomic E-state index is 12.4. The van der Waals surface area contributed by atoms with Crippen molar-refractivity contribution in [3.63, 3.8) is 0 Å². The van der Waals surface area contributed by atoms with Gasteiger partial charge in [-0.2, -0.15) is 13.1 Å². The molecule has 0 saturated heterocycles. The second-order valence-corrected chi connectivity index (χ2v) is 3.28. The van der Waals surface area contributed by atoms with Gasteiger partial charge in [0.25, 0.3) is 0 Å². The molecule has 0 aromatic carbocycles. The SMILES string of the molecule is O=S1(=O)NCC#C[C@H](F)CO1. The third-order valence-corrected chi connectivity index (χ3v) is 1.91. The molecule has 62 valence electrons. The minimum atomic E-state index is -3.77. The second kappa shape index (κ2) is 3.17. The zero-order chi connectivity index (χ0) is 8.32. The molecule has 0 aromatic rings. The Morgan fingerprint density at radius 2 is 2.36 bits per heavy atom. The summed E-state index contributed by atoms with van der Waals surface area (Å²) in [7, 11) is -3.77. The molecule has 6 heteroatoms. The van der Waals surface area contributed by atoms with E-state index in [1.807, 2.05) is 4.72 Å².